The van der Waals surface area contributed by atoms with E-state index in [9.17, 15) is 9.00 Å². The fraction of sp³-hybridized carbons (Fsp3) is 0.533. The Bertz CT molecular complexity index is 591. The molecule has 1 saturated heterocycles. The molecule has 1 heterocycles. The summed E-state index contributed by atoms with van der Waals surface area (Å²) in [6, 6.07) is 7.37. The third-order valence-corrected chi connectivity index (χ3v) is 5.45. The largest absolute Gasteiger partial charge is 0.317 e. The van der Waals surface area contributed by atoms with Gasteiger partial charge in [0.25, 0.3) is 0 Å². The lowest BCUT2D eigenvalue weighted by molar-refractivity contribution is 0.265. The monoisotopic (exact) mass is 294 g/mol. The van der Waals surface area contributed by atoms with E-state index in [0.717, 1.165) is 38.0 Å². The summed E-state index contributed by atoms with van der Waals surface area (Å²) >= 11 is 0. The third kappa shape index (κ3) is 3.70. The SMILES string of the molecule is CC1(NCc2ccc(S(C)(=O)=C=O)cc2)CCNCC1. The lowest BCUT2D eigenvalue weighted by atomic mass is 9.90. The molecule has 1 unspecified atom stereocenters. The number of hydrogen-bond donors (Lipinski definition) is 2. The summed E-state index contributed by atoms with van der Waals surface area (Å²) < 4.78 is 11.9. The van der Waals surface area contributed by atoms with Crippen molar-refractivity contribution < 1.29 is 9.00 Å². The molecule has 5 heteroatoms. The van der Waals surface area contributed by atoms with Crippen LogP contribution in [0.25, 0.3) is 0 Å². The zero-order chi connectivity index (χ0) is 14.6. The van der Waals surface area contributed by atoms with Crippen molar-refractivity contribution in [3.8, 4) is 0 Å². The Balaban J connectivity index is 2.01. The second-order valence-electron chi connectivity index (χ2n) is 5.74. The second kappa shape index (κ2) is 6.10. The van der Waals surface area contributed by atoms with Crippen molar-refractivity contribution in [2.45, 2.75) is 36.7 Å². The molecule has 0 aromatic heterocycles. The molecule has 1 aliphatic heterocycles. The molecule has 1 fully saturated rings. The Morgan fingerprint density at radius 1 is 1.30 bits per heavy atom. The Morgan fingerprint density at radius 2 is 1.90 bits per heavy atom. The lowest BCUT2D eigenvalue weighted by Crippen LogP contribution is -2.49. The van der Waals surface area contributed by atoms with Gasteiger partial charge in [0, 0.05) is 23.2 Å². The summed E-state index contributed by atoms with van der Waals surface area (Å²) in [5.74, 6) is 0. The van der Waals surface area contributed by atoms with Crippen molar-refractivity contribution in [3.63, 3.8) is 0 Å². The minimum atomic E-state index is -2.65. The van der Waals surface area contributed by atoms with Gasteiger partial charge in [0.1, 0.15) is 0 Å². The number of benzene rings is 1. The number of rotatable bonds is 4. The van der Waals surface area contributed by atoms with Gasteiger partial charge in [-0.1, -0.05) is 12.1 Å². The maximum Gasteiger partial charge on any atom is 0.190 e. The fourth-order valence-electron chi connectivity index (χ4n) is 2.39. The van der Waals surface area contributed by atoms with Crippen molar-refractivity contribution in [1.82, 2.24) is 10.6 Å². The first kappa shape index (κ1) is 15.3. The van der Waals surface area contributed by atoms with Crippen LogP contribution in [-0.4, -0.2) is 34.3 Å². The minimum Gasteiger partial charge on any atom is -0.317 e. The Labute approximate surface area is 121 Å². The van der Waals surface area contributed by atoms with Gasteiger partial charge in [0.2, 0.25) is 0 Å². The molecule has 1 aromatic carbocycles. The van der Waals surface area contributed by atoms with Crippen LogP contribution in [0, 0.1) is 0 Å². The molecular weight excluding hydrogens is 272 g/mol. The van der Waals surface area contributed by atoms with Gasteiger partial charge < -0.3 is 10.6 Å². The molecule has 0 amide bonds. The lowest BCUT2D eigenvalue weighted by Gasteiger charge is -2.35. The molecule has 0 radical (unpaired) electrons. The number of hydrogen-bond acceptors (Lipinski definition) is 4. The average molecular weight is 294 g/mol. The van der Waals surface area contributed by atoms with Crippen LogP contribution in [0.4, 0.5) is 0 Å². The van der Waals surface area contributed by atoms with E-state index in [1.54, 1.807) is 17.4 Å². The van der Waals surface area contributed by atoms with Gasteiger partial charge in [-0.15, -0.1) is 0 Å². The first-order valence-corrected chi connectivity index (χ1v) is 8.85. The Kier molecular flexibility index (Phi) is 4.66. The van der Waals surface area contributed by atoms with Gasteiger partial charge in [0.15, 0.2) is 5.23 Å². The first-order valence-electron chi connectivity index (χ1n) is 6.88. The van der Waals surface area contributed by atoms with Crippen molar-refractivity contribution in [3.05, 3.63) is 29.8 Å². The standard InChI is InChI=1S/C15H22N2O2S/c1-15(7-9-16-10-8-15)17-11-13-3-5-14(6-4-13)20(2,19)12-18/h3-6,16-17H,7-11H2,1-2H3. The number of piperidine rings is 1. The molecule has 0 saturated carbocycles. The Hall–Kier alpha value is -1.13. The highest BCUT2D eigenvalue weighted by Gasteiger charge is 2.25. The van der Waals surface area contributed by atoms with Crippen LogP contribution in [0.1, 0.15) is 25.3 Å². The van der Waals surface area contributed by atoms with Gasteiger partial charge in [-0.3, -0.25) is 4.21 Å². The van der Waals surface area contributed by atoms with E-state index in [4.69, 9.17) is 0 Å². The summed E-state index contributed by atoms with van der Waals surface area (Å²) in [4.78, 5) is 11.2. The first-order chi connectivity index (χ1) is 9.45. The van der Waals surface area contributed by atoms with E-state index < -0.39 is 9.52 Å². The molecule has 0 bridgehead atoms. The molecule has 0 aliphatic carbocycles. The summed E-state index contributed by atoms with van der Waals surface area (Å²) in [7, 11) is -2.65. The fourth-order valence-corrected chi connectivity index (χ4v) is 3.14. The molecule has 110 valence electrons. The van der Waals surface area contributed by atoms with Crippen LogP contribution in [0.3, 0.4) is 0 Å². The van der Waals surface area contributed by atoms with E-state index >= 15 is 0 Å². The van der Waals surface area contributed by atoms with Crippen molar-refractivity contribution in [2.24, 2.45) is 0 Å². The summed E-state index contributed by atoms with van der Waals surface area (Å²) in [5.41, 5.74) is 1.31. The maximum absolute atomic E-state index is 11.9. The van der Waals surface area contributed by atoms with Gasteiger partial charge in [-0.05, 0) is 50.6 Å². The molecule has 0 spiro atoms. The Morgan fingerprint density at radius 3 is 2.45 bits per heavy atom. The van der Waals surface area contributed by atoms with Gasteiger partial charge in [-0.2, -0.15) is 0 Å². The van der Waals surface area contributed by atoms with Gasteiger partial charge in [-0.25, -0.2) is 4.79 Å². The molecule has 1 aliphatic rings. The summed E-state index contributed by atoms with van der Waals surface area (Å²) in [6.45, 7) is 5.14. The van der Waals surface area contributed by atoms with Crippen molar-refractivity contribution in [1.29, 1.82) is 0 Å². The highest BCUT2D eigenvalue weighted by Crippen LogP contribution is 2.18. The number of nitrogens with one attached hydrogen (secondary N) is 2. The van der Waals surface area contributed by atoms with E-state index in [0.29, 0.717) is 4.90 Å². The van der Waals surface area contributed by atoms with Gasteiger partial charge in [0.05, 0.1) is 9.52 Å². The van der Waals surface area contributed by atoms with Crippen LogP contribution >= 0.6 is 0 Å². The normalized spacial score (nSPS) is 20.9. The minimum absolute atomic E-state index is 0.179. The van der Waals surface area contributed by atoms with E-state index in [1.165, 1.54) is 6.26 Å². The van der Waals surface area contributed by atoms with E-state index in [-0.39, 0.29) is 5.54 Å². The quantitative estimate of drug-likeness (QED) is 0.821. The highest BCUT2D eigenvalue weighted by atomic mass is 32.2. The molecule has 2 rings (SSSR count). The van der Waals surface area contributed by atoms with Gasteiger partial charge >= 0.3 is 0 Å². The zero-order valence-corrected chi connectivity index (χ0v) is 12.9. The van der Waals surface area contributed by atoms with Crippen molar-refractivity contribution >= 4 is 14.8 Å². The summed E-state index contributed by atoms with van der Waals surface area (Å²) in [6.07, 6.45) is 3.66. The third-order valence-electron chi connectivity index (χ3n) is 3.96. The van der Waals surface area contributed by atoms with Crippen LogP contribution in [0.2, 0.25) is 0 Å². The van der Waals surface area contributed by atoms with Crippen LogP contribution in [0.15, 0.2) is 29.2 Å². The van der Waals surface area contributed by atoms with E-state index in [1.807, 2.05) is 12.1 Å². The van der Waals surface area contributed by atoms with Crippen LogP contribution in [-0.2, 0) is 20.9 Å². The van der Waals surface area contributed by atoms with Crippen LogP contribution in [0.5, 0.6) is 0 Å². The van der Waals surface area contributed by atoms with Crippen LogP contribution < -0.4 is 10.6 Å². The zero-order valence-electron chi connectivity index (χ0n) is 12.1. The predicted molar refractivity (Wildman–Crippen MR) is 81.8 cm³/mol. The summed E-state index contributed by atoms with van der Waals surface area (Å²) in [5, 5.41) is 8.58. The molecule has 1 aromatic rings. The average Bonchev–Trinajstić information content (AvgIpc) is 2.46. The molecule has 1 atom stereocenters. The topological polar surface area (TPSA) is 58.2 Å². The molecule has 4 nitrogen and oxygen atoms in total. The smallest absolute Gasteiger partial charge is 0.190 e. The predicted octanol–water partition coefficient (Wildman–Crippen LogP) is 1.26. The molecule has 20 heavy (non-hydrogen) atoms. The van der Waals surface area contributed by atoms with E-state index in [2.05, 4.69) is 17.6 Å². The molecular formula is C15H22N2O2S. The van der Waals surface area contributed by atoms with Crippen molar-refractivity contribution in [2.75, 3.05) is 19.3 Å². The highest BCUT2D eigenvalue weighted by molar-refractivity contribution is 8.00. The maximum atomic E-state index is 11.9. The number of carbonyl (C=O) groups excluding carboxylic acids is 1. The molecule has 2 N–H and O–H groups in total. The second-order valence-corrected chi connectivity index (χ2v) is 8.06.